The fourth-order valence-corrected chi connectivity index (χ4v) is 4.11. The number of rotatable bonds is 4. The SMILES string of the molecule is CC1CN(Cc2ccccc2)CCCN1C(=O)c1cc(C(N)=O)cs1. The molecule has 0 spiro atoms. The van der Waals surface area contributed by atoms with Crippen molar-refractivity contribution in [3.8, 4) is 0 Å². The highest BCUT2D eigenvalue weighted by Gasteiger charge is 2.27. The van der Waals surface area contributed by atoms with Crippen molar-refractivity contribution >= 4 is 23.2 Å². The standard InChI is InChI=1S/C19H23N3O2S/c1-14-11-21(12-15-6-3-2-4-7-15)8-5-9-22(14)19(24)17-10-16(13-25-17)18(20)23/h2-4,6-7,10,13-14H,5,8-9,11-12H2,1H3,(H2,20,23). The number of primary amides is 1. The van der Waals surface area contributed by atoms with Crippen LogP contribution in [-0.2, 0) is 6.54 Å². The molecule has 1 saturated heterocycles. The van der Waals surface area contributed by atoms with Gasteiger partial charge in [-0.1, -0.05) is 30.3 Å². The van der Waals surface area contributed by atoms with E-state index in [9.17, 15) is 9.59 Å². The first-order valence-corrected chi connectivity index (χ1v) is 9.38. The Labute approximate surface area is 152 Å². The second kappa shape index (κ2) is 7.80. The Balaban J connectivity index is 1.67. The molecule has 0 saturated carbocycles. The van der Waals surface area contributed by atoms with Crippen molar-refractivity contribution < 1.29 is 9.59 Å². The number of benzene rings is 1. The van der Waals surface area contributed by atoms with Crippen LogP contribution in [0.25, 0.3) is 0 Å². The topological polar surface area (TPSA) is 66.6 Å². The highest BCUT2D eigenvalue weighted by molar-refractivity contribution is 7.12. The lowest BCUT2D eigenvalue weighted by Gasteiger charge is -2.28. The Kier molecular flexibility index (Phi) is 5.50. The average molecular weight is 357 g/mol. The zero-order valence-electron chi connectivity index (χ0n) is 14.4. The van der Waals surface area contributed by atoms with Gasteiger partial charge in [0.2, 0.25) is 5.91 Å². The first-order chi connectivity index (χ1) is 12.0. The van der Waals surface area contributed by atoms with Gasteiger partial charge in [-0.3, -0.25) is 14.5 Å². The summed E-state index contributed by atoms with van der Waals surface area (Å²) in [5.74, 6) is -0.500. The molecule has 0 bridgehead atoms. The molecule has 1 fully saturated rings. The molecular formula is C19H23N3O2S. The van der Waals surface area contributed by atoms with E-state index in [1.165, 1.54) is 16.9 Å². The van der Waals surface area contributed by atoms with Crippen LogP contribution in [0.2, 0.25) is 0 Å². The number of hydrogen-bond donors (Lipinski definition) is 1. The summed E-state index contributed by atoms with van der Waals surface area (Å²) in [4.78, 5) is 29.0. The molecule has 3 rings (SSSR count). The Morgan fingerprint density at radius 2 is 2.00 bits per heavy atom. The van der Waals surface area contributed by atoms with Crippen molar-refractivity contribution in [1.82, 2.24) is 9.80 Å². The molecule has 1 aromatic heterocycles. The third-order valence-corrected chi connectivity index (χ3v) is 5.45. The molecule has 1 unspecified atom stereocenters. The predicted octanol–water partition coefficient (Wildman–Crippen LogP) is 2.58. The Bertz CT molecular complexity index is 744. The van der Waals surface area contributed by atoms with Crippen LogP contribution in [0.5, 0.6) is 0 Å². The van der Waals surface area contributed by atoms with Crippen molar-refractivity contribution in [2.75, 3.05) is 19.6 Å². The first-order valence-electron chi connectivity index (χ1n) is 8.50. The van der Waals surface area contributed by atoms with Gasteiger partial charge in [-0.2, -0.15) is 0 Å². The minimum absolute atomic E-state index is 0.00781. The van der Waals surface area contributed by atoms with Crippen molar-refractivity contribution in [1.29, 1.82) is 0 Å². The van der Waals surface area contributed by atoms with Gasteiger partial charge in [0.05, 0.1) is 10.4 Å². The number of nitrogens with zero attached hydrogens (tertiary/aromatic N) is 2. The molecule has 2 aromatic rings. The van der Waals surface area contributed by atoms with E-state index in [4.69, 9.17) is 5.73 Å². The molecule has 5 nitrogen and oxygen atoms in total. The van der Waals surface area contributed by atoms with Gasteiger partial charge < -0.3 is 10.6 Å². The lowest BCUT2D eigenvalue weighted by Crippen LogP contribution is -2.42. The van der Waals surface area contributed by atoms with E-state index >= 15 is 0 Å². The third kappa shape index (κ3) is 4.27. The molecule has 1 aliphatic rings. The van der Waals surface area contributed by atoms with Crippen LogP contribution in [0.3, 0.4) is 0 Å². The molecule has 0 radical (unpaired) electrons. The van der Waals surface area contributed by atoms with E-state index in [0.717, 1.165) is 32.6 Å². The summed E-state index contributed by atoms with van der Waals surface area (Å²) in [6, 6.07) is 12.1. The van der Waals surface area contributed by atoms with Crippen molar-refractivity contribution in [3.05, 3.63) is 57.8 Å². The van der Waals surface area contributed by atoms with Crippen LogP contribution < -0.4 is 5.73 Å². The van der Waals surface area contributed by atoms with Gasteiger partial charge in [-0.05, 0) is 25.0 Å². The van der Waals surface area contributed by atoms with E-state index in [-0.39, 0.29) is 11.9 Å². The summed E-state index contributed by atoms with van der Waals surface area (Å²) in [6.07, 6.45) is 0.941. The summed E-state index contributed by atoms with van der Waals surface area (Å²) < 4.78 is 0. The van der Waals surface area contributed by atoms with E-state index in [0.29, 0.717) is 10.4 Å². The van der Waals surface area contributed by atoms with Crippen molar-refractivity contribution in [2.45, 2.75) is 25.9 Å². The van der Waals surface area contributed by atoms with Gasteiger partial charge in [-0.25, -0.2) is 0 Å². The number of amides is 2. The quantitative estimate of drug-likeness (QED) is 0.914. The van der Waals surface area contributed by atoms with E-state index in [1.54, 1.807) is 11.4 Å². The monoisotopic (exact) mass is 357 g/mol. The summed E-state index contributed by atoms with van der Waals surface area (Å²) in [7, 11) is 0. The molecule has 1 aromatic carbocycles. The number of thiophene rings is 1. The first kappa shape index (κ1) is 17.6. The lowest BCUT2D eigenvalue weighted by molar-refractivity contribution is 0.0696. The minimum Gasteiger partial charge on any atom is -0.366 e. The fourth-order valence-electron chi connectivity index (χ4n) is 3.25. The maximum absolute atomic E-state index is 12.8. The number of hydrogen-bond acceptors (Lipinski definition) is 4. The maximum atomic E-state index is 12.8. The molecule has 25 heavy (non-hydrogen) atoms. The van der Waals surface area contributed by atoms with Crippen LogP contribution in [-0.4, -0.2) is 47.3 Å². The number of carbonyl (C=O) groups is 2. The summed E-state index contributed by atoms with van der Waals surface area (Å²) in [5, 5.41) is 1.65. The maximum Gasteiger partial charge on any atom is 0.264 e. The summed E-state index contributed by atoms with van der Waals surface area (Å²) in [6.45, 7) is 5.53. The lowest BCUT2D eigenvalue weighted by atomic mass is 10.2. The second-order valence-electron chi connectivity index (χ2n) is 6.49. The summed E-state index contributed by atoms with van der Waals surface area (Å²) >= 11 is 1.29. The van der Waals surface area contributed by atoms with Gasteiger partial charge >= 0.3 is 0 Å². The molecule has 0 aliphatic carbocycles. The molecule has 132 valence electrons. The van der Waals surface area contributed by atoms with Gasteiger partial charge in [0.25, 0.3) is 5.91 Å². The second-order valence-corrected chi connectivity index (χ2v) is 7.40. The predicted molar refractivity (Wildman–Crippen MR) is 99.7 cm³/mol. The molecule has 2 heterocycles. The van der Waals surface area contributed by atoms with E-state index in [1.807, 2.05) is 11.0 Å². The fraction of sp³-hybridized carbons (Fsp3) is 0.368. The number of carbonyl (C=O) groups excluding carboxylic acids is 2. The minimum atomic E-state index is -0.492. The zero-order valence-corrected chi connectivity index (χ0v) is 15.2. The van der Waals surface area contributed by atoms with Crippen LogP contribution >= 0.6 is 11.3 Å². The zero-order chi connectivity index (χ0) is 17.8. The Morgan fingerprint density at radius 3 is 2.68 bits per heavy atom. The Hall–Kier alpha value is -2.18. The van der Waals surface area contributed by atoms with Gasteiger partial charge in [0, 0.05) is 37.6 Å². The normalized spacial score (nSPS) is 18.8. The smallest absolute Gasteiger partial charge is 0.264 e. The largest absolute Gasteiger partial charge is 0.366 e. The third-order valence-electron chi connectivity index (χ3n) is 4.53. The molecule has 6 heteroatoms. The summed E-state index contributed by atoms with van der Waals surface area (Å²) in [5.41, 5.74) is 6.98. The molecule has 2 amide bonds. The van der Waals surface area contributed by atoms with Crippen LogP contribution in [0.1, 0.15) is 38.9 Å². The van der Waals surface area contributed by atoms with Crippen molar-refractivity contribution in [2.24, 2.45) is 5.73 Å². The molecule has 1 atom stereocenters. The van der Waals surface area contributed by atoms with E-state index < -0.39 is 5.91 Å². The van der Waals surface area contributed by atoms with Gasteiger partial charge in [-0.15, -0.1) is 11.3 Å². The van der Waals surface area contributed by atoms with Crippen LogP contribution in [0.15, 0.2) is 41.8 Å². The molecular weight excluding hydrogens is 334 g/mol. The Morgan fingerprint density at radius 1 is 1.24 bits per heavy atom. The molecule has 2 N–H and O–H groups in total. The average Bonchev–Trinajstić information content (AvgIpc) is 3.02. The van der Waals surface area contributed by atoms with Gasteiger partial charge in [0.1, 0.15) is 0 Å². The molecule has 1 aliphatic heterocycles. The number of nitrogens with two attached hydrogens (primary N) is 1. The van der Waals surface area contributed by atoms with Crippen molar-refractivity contribution in [3.63, 3.8) is 0 Å². The highest BCUT2D eigenvalue weighted by atomic mass is 32.1. The van der Waals surface area contributed by atoms with Gasteiger partial charge in [0.15, 0.2) is 0 Å². The highest BCUT2D eigenvalue weighted by Crippen LogP contribution is 2.20. The van der Waals surface area contributed by atoms with Crippen LogP contribution in [0.4, 0.5) is 0 Å². The van der Waals surface area contributed by atoms with Crippen LogP contribution in [0, 0.1) is 0 Å². The van der Waals surface area contributed by atoms with E-state index in [2.05, 4.69) is 36.1 Å².